The van der Waals surface area contributed by atoms with Crippen molar-refractivity contribution in [1.29, 1.82) is 0 Å². The fraction of sp³-hybridized carbons (Fsp3) is 0.571. The number of phenols is 1. The van der Waals surface area contributed by atoms with Crippen LogP contribution in [0.3, 0.4) is 0 Å². The minimum absolute atomic E-state index is 0.0883. The lowest BCUT2D eigenvalue weighted by atomic mass is 9.55. The van der Waals surface area contributed by atoms with Gasteiger partial charge in [-0.2, -0.15) is 5.11 Å². The van der Waals surface area contributed by atoms with Crippen molar-refractivity contribution >= 4 is 5.91 Å². The zero-order valence-corrected chi connectivity index (χ0v) is 15.1. The zero-order valence-electron chi connectivity index (χ0n) is 15.1. The van der Waals surface area contributed by atoms with Gasteiger partial charge in [-0.3, -0.25) is 4.79 Å². The maximum Gasteiger partial charge on any atom is 0.289 e. The van der Waals surface area contributed by atoms with Gasteiger partial charge < -0.3 is 10.2 Å². The summed E-state index contributed by atoms with van der Waals surface area (Å²) in [5, 5.41) is 26.4. The lowest BCUT2D eigenvalue weighted by Crippen LogP contribution is -2.43. The molecule has 0 unspecified atom stereocenters. The number of hydrogen-bond donors (Lipinski definition) is 2. The number of carbonyl (C=O) groups excluding carboxylic acids is 1. The van der Waals surface area contributed by atoms with Gasteiger partial charge in [-0.15, -0.1) is 5.11 Å². The van der Waals surface area contributed by atoms with E-state index in [1.807, 2.05) is 12.1 Å². The Hall–Kier alpha value is -2.01. The summed E-state index contributed by atoms with van der Waals surface area (Å²) in [6, 6.07) is 5.96. The largest absolute Gasteiger partial charge is 0.508 e. The number of nitrogens with zero attached hydrogens (tertiary/aromatic N) is 2. The van der Waals surface area contributed by atoms with Gasteiger partial charge >= 0.3 is 0 Å². The molecule has 2 saturated carbocycles. The number of benzene rings is 1. The number of phenolic OH excluding ortho intramolecular Hbond substituents is 1. The number of hydrogen-bond acceptors (Lipinski definition) is 4. The van der Waals surface area contributed by atoms with Gasteiger partial charge in [0, 0.05) is 6.08 Å². The van der Waals surface area contributed by atoms with Crippen molar-refractivity contribution in [2.24, 2.45) is 27.5 Å². The van der Waals surface area contributed by atoms with E-state index in [-0.39, 0.29) is 17.4 Å². The first-order valence-electron chi connectivity index (χ1n) is 9.60. The molecule has 1 aromatic rings. The Morgan fingerprint density at radius 3 is 2.73 bits per heavy atom. The predicted octanol–water partition coefficient (Wildman–Crippen LogP) is 4.10. The highest BCUT2D eigenvalue weighted by atomic mass is 16.3. The van der Waals surface area contributed by atoms with E-state index in [1.54, 1.807) is 0 Å². The highest BCUT2D eigenvalue weighted by Crippen LogP contribution is 2.60. The third-order valence-electron chi connectivity index (χ3n) is 7.10. The van der Waals surface area contributed by atoms with Crippen LogP contribution in [0.5, 0.6) is 5.75 Å². The summed E-state index contributed by atoms with van der Waals surface area (Å²) in [4.78, 5) is 9.90. The molecule has 2 N–H and O–H groups in total. The van der Waals surface area contributed by atoms with E-state index in [0.29, 0.717) is 17.6 Å². The summed E-state index contributed by atoms with van der Waals surface area (Å²) in [5.41, 5.74) is 2.99. The monoisotopic (exact) mass is 354 g/mol. The highest BCUT2D eigenvalue weighted by molar-refractivity contribution is 5.89. The van der Waals surface area contributed by atoms with Crippen molar-refractivity contribution in [3.05, 3.63) is 41.6 Å². The highest BCUT2D eigenvalue weighted by Gasteiger charge is 2.54. The fourth-order valence-corrected chi connectivity index (χ4v) is 5.76. The smallest absolute Gasteiger partial charge is 0.289 e. The van der Waals surface area contributed by atoms with Crippen LogP contribution in [0.15, 0.2) is 40.7 Å². The lowest BCUT2D eigenvalue weighted by Gasteiger charge is -2.50. The minimum atomic E-state index is -0.269. The maximum atomic E-state index is 10.4. The molecule has 3 aliphatic carbocycles. The second-order valence-electron chi connectivity index (χ2n) is 8.31. The Balaban J connectivity index is 0.000000240. The van der Waals surface area contributed by atoms with Crippen LogP contribution in [0, 0.1) is 17.3 Å². The molecule has 5 nitrogen and oxygen atoms in total. The number of aromatic hydroxyl groups is 1. The Morgan fingerprint density at radius 2 is 2.04 bits per heavy atom. The quantitative estimate of drug-likeness (QED) is 0.736. The van der Waals surface area contributed by atoms with Crippen LogP contribution in [0.4, 0.5) is 0 Å². The van der Waals surface area contributed by atoms with Crippen LogP contribution in [0.25, 0.3) is 0 Å². The van der Waals surface area contributed by atoms with Crippen LogP contribution in [-0.2, 0) is 11.2 Å². The minimum Gasteiger partial charge on any atom is -0.508 e. The fourth-order valence-electron chi connectivity index (χ4n) is 5.76. The lowest BCUT2D eigenvalue weighted by molar-refractivity contribution is -0.113. The molecule has 5 heteroatoms. The standard InChI is InChI=1S/C18H24O2.C3H2N2O/c1-18-9-8-14-13-5-3-12(19)10-11(13)2-4-15(14)16(18)6-7-17(18)20;6-3-1-2-4-5-3/h3,5,10,14-17,19-20H,2,4,6-9H2,1H3;1-2H/t14-,15-,16+,17+,18+;/m1./s1. The molecule has 4 aliphatic rings. The van der Waals surface area contributed by atoms with Crippen molar-refractivity contribution in [3.8, 4) is 5.75 Å². The molecule has 138 valence electrons. The molecule has 26 heavy (non-hydrogen) atoms. The molecule has 0 saturated heterocycles. The average Bonchev–Trinajstić information content (AvgIpc) is 3.22. The van der Waals surface area contributed by atoms with Crippen LogP contribution in [0.1, 0.15) is 56.1 Å². The second-order valence-corrected chi connectivity index (χ2v) is 8.31. The van der Waals surface area contributed by atoms with Crippen LogP contribution >= 0.6 is 0 Å². The molecule has 0 bridgehead atoms. The Bertz CT molecular complexity index is 759. The van der Waals surface area contributed by atoms with E-state index in [0.717, 1.165) is 25.2 Å². The number of rotatable bonds is 0. The topological polar surface area (TPSA) is 82.2 Å². The number of aliphatic hydroxyl groups is 1. The third kappa shape index (κ3) is 2.88. The van der Waals surface area contributed by atoms with E-state index in [2.05, 4.69) is 23.2 Å². The van der Waals surface area contributed by atoms with E-state index >= 15 is 0 Å². The number of aliphatic hydroxyl groups excluding tert-OH is 1. The summed E-state index contributed by atoms with van der Waals surface area (Å²) in [6.07, 6.45) is 9.45. The van der Waals surface area contributed by atoms with Crippen molar-refractivity contribution < 1.29 is 15.0 Å². The Labute approximate surface area is 153 Å². The van der Waals surface area contributed by atoms with Gasteiger partial charge in [0.05, 0.1) is 12.3 Å². The molecular formula is C21H26N2O3. The molecule has 2 fully saturated rings. The maximum absolute atomic E-state index is 10.4. The molecule has 0 radical (unpaired) electrons. The normalized spacial score (nSPS) is 36.8. The van der Waals surface area contributed by atoms with Gasteiger partial charge in [0.15, 0.2) is 0 Å². The molecule has 1 heterocycles. The van der Waals surface area contributed by atoms with Gasteiger partial charge in [-0.05, 0) is 85.0 Å². The van der Waals surface area contributed by atoms with E-state index in [4.69, 9.17) is 0 Å². The van der Waals surface area contributed by atoms with Crippen LogP contribution < -0.4 is 0 Å². The van der Waals surface area contributed by atoms with Crippen molar-refractivity contribution in [3.63, 3.8) is 0 Å². The van der Waals surface area contributed by atoms with Gasteiger partial charge in [-0.25, -0.2) is 0 Å². The van der Waals surface area contributed by atoms with E-state index in [9.17, 15) is 15.0 Å². The summed E-state index contributed by atoms with van der Waals surface area (Å²) in [5.74, 6) is 2.22. The summed E-state index contributed by atoms with van der Waals surface area (Å²) in [7, 11) is 0. The molecule has 1 aliphatic heterocycles. The molecule has 5 rings (SSSR count). The first kappa shape index (κ1) is 17.4. The number of aryl methyl sites for hydroxylation is 1. The third-order valence-corrected chi connectivity index (χ3v) is 7.10. The molecule has 5 atom stereocenters. The Kier molecular flexibility index (Phi) is 4.43. The van der Waals surface area contributed by atoms with E-state index in [1.165, 1.54) is 42.7 Å². The van der Waals surface area contributed by atoms with Gasteiger partial charge in [0.2, 0.25) is 0 Å². The predicted molar refractivity (Wildman–Crippen MR) is 97.7 cm³/mol. The van der Waals surface area contributed by atoms with Gasteiger partial charge in [0.1, 0.15) is 5.75 Å². The number of carbonyl (C=O) groups is 1. The molecule has 1 aromatic carbocycles. The first-order chi connectivity index (χ1) is 12.5. The second kappa shape index (κ2) is 6.62. The molecule has 1 amide bonds. The number of azo groups is 1. The number of amides is 1. The molecular weight excluding hydrogens is 328 g/mol. The van der Waals surface area contributed by atoms with Gasteiger partial charge in [-0.1, -0.05) is 13.0 Å². The summed E-state index contributed by atoms with van der Waals surface area (Å²) in [6.45, 7) is 2.32. The first-order valence-corrected chi connectivity index (χ1v) is 9.60. The molecule has 0 aromatic heterocycles. The zero-order chi connectivity index (χ0) is 18.3. The van der Waals surface area contributed by atoms with Crippen molar-refractivity contribution in [2.45, 2.75) is 57.5 Å². The SMILES string of the molecule is C[C@]12CC[C@@H]3c4ccc(O)cc4CC[C@H]3[C@@H]1CC[C@@H]2O.O=C1C=CN=N1. The summed E-state index contributed by atoms with van der Waals surface area (Å²) < 4.78 is 0. The van der Waals surface area contributed by atoms with E-state index < -0.39 is 0 Å². The van der Waals surface area contributed by atoms with Gasteiger partial charge in [0.25, 0.3) is 5.91 Å². The van der Waals surface area contributed by atoms with Crippen molar-refractivity contribution in [1.82, 2.24) is 0 Å². The Morgan fingerprint density at radius 1 is 1.19 bits per heavy atom. The molecule has 0 spiro atoms. The summed E-state index contributed by atoms with van der Waals surface area (Å²) >= 11 is 0. The van der Waals surface area contributed by atoms with Crippen LogP contribution in [0.2, 0.25) is 0 Å². The average molecular weight is 354 g/mol. The van der Waals surface area contributed by atoms with Crippen molar-refractivity contribution in [2.75, 3.05) is 0 Å². The van der Waals surface area contributed by atoms with Crippen LogP contribution in [-0.4, -0.2) is 22.2 Å². The number of fused-ring (bicyclic) bond motifs is 5.